The average molecular weight is 420 g/mol. The number of pyridine rings is 1. The second kappa shape index (κ2) is 7.83. The van der Waals surface area contributed by atoms with E-state index in [-0.39, 0.29) is 11.5 Å². The van der Waals surface area contributed by atoms with Gasteiger partial charge in [-0.25, -0.2) is 0 Å². The maximum absolute atomic E-state index is 13.5. The number of fused-ring (bicyclic) bond motifs is 1. The van der Waals surface area contributed by atoms with Crippen molar-refractivity contribution in [2.75, 3.05) is 33.4 Å². The van der Waals surface area contributed by atoms with Crippen molar-refractivity contribution in [2.24, 2.45) is 0 Å². The molecule has 0 radical (unpaired) electrons. The summed E-state index contributed by atoms with van der Waals surface area (Å²) in [6.45, 7) is 2.31. The van der Waals surface area contributed by atoms with Crippen molar-refractivity contribution in [3.8, 4) is 11.4 Å². The van der Waals surface area contributed by atoms with Crippen molar-refractivity contribution in [3.05, 3.63) is 70.6 Å². The largest absolute Gasteiger partial charge is 0.497 e. The molecule has 0 atom stereocenters. The van der Waals surface area contributed by atoms with Crippen molar-refractivity contribution < 1.29 is 19.0 Å². The molecule has 160 valence electrons. The molecule has 1 aromatic heterocycles. The summed E-state index contributed by atoms with van der Waals surface area (Å²) in [5.41, 5.74) is 1.02. The van der Waals surface area contributed by atoms with E-state index in [0.29, 0.717) is 66.9 Å². The summed E-state index contributed by atoms with van der Waals surface area (Å²) in [7, 11) is 1.60. The number of methoxy groups -OCH3 is 1. The number of carbonyl (C=O) groups excluding carboxylic acids is 1. The molecule has 0 bridgehead atoms. The molecular weight excluding hydrogens is 396 g/mol. The van der Waals surface area contributed by atoms with Crippen LogP contribution < -0.4 is 10.3 Å². The highest BCUT2D eigenvalue weighted by Gasteiger charge is 2.41. The third-order valence-electron chi connectivity index (χ3n) is 6.13. The Morgan fingerprint density at radius 2 is 1.61 bits per heavy atom. The molecule has 1 spiro atoms. The van der Waals surface area contributed by atoms with Crippen molar-refractivity contribution in [1.29, 1.82) is 0 Å². The molecule has 0 N–H and O–H groups in total. The Bertz CT molecular complexity index is 1170. The number of aromatic nitrogens is 1. The van der Waals surface area contributed by atoms with Crippen LogP contribution in [0, 0.1) is 0 Å². The van der Waals surface area contributed by atoms with Gasteiger partial charge in [0.1, 0.15) is 5.75 Å². The summed E-state index contributed by atoms with van der Waals surface area (Å²) in [5, 5.41) is 1.18. The van der Waals surface area contributed by atoms with Crippen LogP contribution in [0.4, 0.5) is 0 Å². The Balaban J connectivity index is 1.54. The third kappa shape index (κ3) is 3.49. The number of hydrogen-bond donors (Lipinski definition) is 0. The molecule has 0 aliphatic carbocycles. The molecule has 31 heavy (non-hydrogen) atoms. The monoisotopic (exact) mass is 420 g/mol. The van der Waals surface area contributed by atoms with Gasteiger partial charge < -0.3 is 19.1 Å². The topological polar surface area (TPSA) is 70.0 Å². The summed E-state index contributed by atoms with van der Waals surface area (Å²) < 4.78 is 18.3. The lowest BCUT2D eigenvalue weighted by Crippen LogP contribution is -2.47. The second-order valence-electron chi connectivity index (χ2n) is 7.86. The van der Waals surface area contributed by atoms with Gasteiger partial charge in [-0.3, -0.25) is 14.2 Å². The van der Waals surface area contributed by atoms with Gasteiger partial charge in [0.05, 0.1) is 25.9 Å². The van der Waals surface area contributed by atoms with E-state index in [1.165, 1.54) is 4.57 Å². The van der Waals surface area contributed by atoms with E-state index in [2.05, 4.69) is 0 Å². The predicted molar refractivity (Wildman–Crippen MR) is 116 cm³/mol. The van der Waals surface area contributed by atoms with Crippen LogP contribution in [0.5, 0.6) is 5.75 Å². The Morgan fingerprint density at radius 1 is 0.968 bits per heavy atom. The molecular formula is C24H24N2O5. The number of nitrogens with zero attached hydrogens (tertiary/aromatic N) is 2. The molecule has 3 aromatic rings. The molecule has 1 amide bonds. The van der Waals surface area contributed by atoms with Gasteiger partial charge in [0.25, 0.3) is 11.5 Å². The number of carbonyl (C=O) groups is 1. The van der Waals surface area contributed by atoms with E-state index in [0.717, 1.165) is 0 Å². The standard InChI is InChI=1S/C24H24N2O5/c1-29-18-8-6-17(7-9-18)26-16-21(19-4-2-3-5-20(19)23(26)28)22(27)25-12-10-24(11-13-25)30-14-15-31-24/h2-9,16H,10-15H2,1H3. The average Bonchev–Trinajstić information content (AvgIpc) is 3.27. The fourth-order valence-electron chi connectivity index (χ4n) is 4.40. The van der Waals surface area contributed by atoms with Crippen LogP contribution in [-0.4, -0.2) is 54.6 Å². The normalized spacial score (nSPS) is 17.9. The van der Waals surface area contributed by atoms with Crippen LogP contribution in [0.3, 0.4) is 0 Å². The maximum atomic E-state index is 13.5. The van der Waals surface area contributed by atoms with Crippen molar-refractivity contribution >= 4 is 16.7 Å². The first-order chi connectivity index (χ1) is 15.1. The molecule has 2 fully saturated rings. The van der Waals surface area contributed by atoms with Gasteiger partial charge in [-0.1, -0.05) is 18.2 Å². The number of benzene rings is 2. The lowest BCUT2D eigenvalue weighted by Gasteiger charge is -2.37. The van der Waals surface area contributed by atoms with Crippen LogP contribution in [0.15, 0.2) is 59.5 Å². The van der Waals surface area contributed by atoms with Gasteiger partial charge in [-0.05, 0) is 30.3 Å². The third-order valence-corrected chi connectivity index (χ3v) is 6.13. The molecule has 0 unspecified atom stereocenters. The van der Waals surface area contributed by atoms with Crippen LogP contribution in [0.25, 0.3) is 16.5 Å². The zero-order valence-corrected chi connectivity index (χ0v) is 17.4. The fraction of sp³-hybridized carbons (Fsp3) is 0.333. The van der Waals surface area contributed by atoms with Gasteiger partial charge in [0.15, 0.2) is 5.79 Å². The van der Waals surface area contributed by atoms with Crippen LogP contribution in [0.2, 0.25) is 0 Å². The molecule has 0 saturated carbocycles. The molecule has 7 nitrogen and oxygen atoms in total. The van der Waals surface area contributed by atoms with Crippen molar-refractivity contribution in [3.63, 3.8) is 0 Å². The van der Waals surface area contributed by atoms with Crippen LogP contribution in [-0.2, 0) is 9.47 Å². The molecule has 3 heterocycles. The highest BCUT2D eigenvalue weighted by molar-refractivity contribution is 6.06. The molecule has 2 saturated heterocycles. The summed E-state index contributed by atoms with van der Waals surface area (Å²) in [6.07, 6.45) is 2.95. The molecule has 2 aliphatic heterocycles. The van der Waals surface area contributed by atoms with E-state index < -0.39 is 5.79 Å². The SMILES string of the molecule is COc1ccc(-n2cc(C(=O)N3CCC4(CC3)OCCO4)c3ccccc3c2=O)cc1. The van der Waals surface area contributed by atoms with Crippen molar-refractivity contribution in [2.45, 2.75) is 18.6 Å². The lowest BCUT2D eigenvalue weighted by molar-refractivity contribution is -0.181. The van der Waals surface area contributed by atoms with Crippen molar-refractivity contribution in [1.82, 2.24) is 9.47 Å². The fourth-order valence-corrected chi connectivity index (χ4v) is 4.40. The lowest BCUT2D eigenvalue weighted by atomic mass is 10.0. The predicted octanol–water partition coefficient (Wildman–Crippen LogP) is 2.98. The summed E-state index contributed by atoms with van der Waals surface area (Å²) in [6, 6.07) is 14.5. The number of amides is 1. The number of rotatable bonds is 3. The number of likely N-dealkylation sites (tertiary alicyclic amines) is 1. The molecule has 2 aliphatic rings. The Labute approximate surface area is 179 Å². The van der Waals surface area contributed by atoms with Crippen LogP contribution >= 0.6 is 0 Å². The first kappa shape index (κ1) is 19.8. The van der Waals surface area contributed by atoms with Gasteiger partial charge >= 0.3 is 0 Å². The first-order valence-electron chi connectivity index (χ1n) is 10.5. The molecule has 2 aromatic carbocycles. The second-order valence-corrected chi connectivity index (χ2v) is 7.86. The zero-order valence-electron chi connectivity index (χ0n) is 17.4. The van der Waals surface area contributed by atoms with E-state index in [1.807, 2.05) is 35.2 Å². The summed E-state index contributed by atoms with van der Waals surface area (Å²) in [4.78, 5) is 28.5. The number of ether oxygens (including phenoxy) is 3. The van der Waals surface area contributed by atoms with Gasteiger partial charge in [0.2, 0.25) is 0 Å². The van der Waals surface area contributed by atoms with E-state index in [1.54, 1.807) is 31.5 Å². The van der Waals surface area contributed by atoms with Crippen LogP contribution in [0.1, 0.15) is 23.2 Å². The smallest absolute Gasteiger partial charge is 0.262 e. The van der Waals surface area contributed by atoms with E-state index >= 15 is 0 Å². The Hall–Kier alpha value is -3.16. The van der Waals surface area contributed by atoms with Gasteiger partial charge in [-0.15, -0.1) is 0 Å². The van der Waals surface area contributed by atoms with Gasteiger partial charge in [-0.2, -0.15) is 0 Å². The highest BCUT2D eigenvalue weighted by Crippen LogP contribution is 2.32. The van der Waals surface area contributed by atoms with E-state index in [4.69, 9.17) is 14.2 Å². The summed E-state index contributed by atoms with van der Waals surface area (Å²) >= 11 is 0. The van der Waals surface area contributed by atoms with Gasteiger partial charge in [0, 0.05) is 48.6 Å². The minimum Gasteiger partial charge on any atom is -0.497 e. The quantitative estimate of drug-likeness (QED) is 0.652. The highest BCUT2D eigenvalue weighted by atomic mass is 16.7. The minimum absolute atomic E-state index is 0.0914. The van der Waals surface area contributed by atoms with E-state index in [9.17, 15) is 9.59 Å². The number of piperidine rings is 1. The first-order valence-corrected chi connectivity index (χ1v) is 10.5. The zero-order chi connectivity index (χ0) is 21.4. The number of hydrogen-bond acceptors (Lipinski definition) is 5. The Kier molecular flexibility index (Phi) is 5.00. The Morgan fingerprint density at radius 3 is 2.26 bits per heavy atom. The summed E-state index contributed by atoms with van der Waals surface area (Å²) in [5.74, 6) is 0.0691. The molecule has 7 heteroatoms. The minimum atomic E-state index is -0.541. The maximum Gasteiger partial charge on any atom is 0.262 e. The molecule has 5 rings (SSSR count).